The number of methoxy groups -OCH3 is 1. The van der Waals surface area contributed by atoms with E-state index in [9.17, 15) is 4.79 Å². The SMILES string of the molecule is COc1ccc(O[C@@H](C)C(=O)N(C)Cc2cccc(C#N)c2)cc1. The lowest BCUT2D eigenvalue weighted by molar-refractivity contribution is -0.137. The van der Waals surface area contributed by atoms with Crippen LogP contribution in [-0.2, 0) is 11.3 Å². The fraction of sp³-hybridized carbons (Fsp3) is 0.263. The van der Waals surface area contributed by atoms with Crippen LogP contribution >= 0.6 is 0 Å². The Morgan fingerprint density at radius 3 is 2.50 bits per heavy atom. The zero-order chi connectivity index (χ0) is 17.5. The quantitative estimate of drug-likeness (QED) is 0.819. The first kappa shape index (κ1) is 17.4. The van der Waals surface area contributed by atoms with Crippen molar-refractivity contribution in [3.8, 4) is 17.6 Å². The summed E-state index contributed by atoms with van der Waals surface area (Å²) in [5.74, 6) is 1.21. The molecule has 0 heterocycles. The van der Waals surface area contributed by atoms with Gasteiger partial charge in [0, 0.05) is 13.6 Å². The summed E-state index contributed by atoms with van der Waals surface area (Å²) in [7, 11) is 3.31. The third kappa shape index (κ3) is 4.50. The van der Waals surface area contributed by atoms with E-state index in [1.54, 1.807) is 62.4 Å². The van der Waals surface area contributed by atoms with Crippen LogP contribution in [0.3, 0.4) is 0 Å². The highest BCUT2D eigenvalue weighted by Gasteiger charge is 2.19. The normalized spacial score (nSPS) is 11.2. The van der Waals surface area contributed by atoms with Crippen LogP contribution < -0.4 is 9.47 Å². The second-order valence-corrected chi connectivity index (χ2v) is 5.44. The van der Waals surface area contributed by atoms with E-state index in [2.05, 4.69) is 6.07 Å². The summed E-state index contributed by atoms with van der Waals surface area (Å²) < 4.78 is 10.8. The maximum atomic E-state index is 12.4. The highest BCUT2D eigenvalue weighted by Crippen LogP contribution is 2.19. The fourth-order valence-electron chi connectivity index (χ4n) is 2.31. The molecule has 0 unspecified atom stereocenters. The number of benzene rings is 2. The van der Waals surface area contributed by atoms with E-state index in [1.165, 1.54) is 0 Å². The van der Waals surface area contributed by atoms with E-state index < -0.39 is 6.10 Å². The van der Waals surface area contributed by atoms with Crippen molar-refractivity contribution in [3.05, 3.63) is 59.7 Å². The molecule has 0 fully saturated rings. The van der Waals surface area contributed by atoms with E-state index in [1.807, 2.05) is 12.1 Å². The van der Waals surface area contributed by atoms with Gasteiger partial charge in [0.1, 0.15) is 11.5 Å². The molecule has 1 amide bonds. The van der Waals surface area contributed by atoms with Crippen molar-refractivity contribution in [2.45, 2.75) is 19.6 Å². The minimum atomic E-state index is -0.609. The Labute approximate surface area is 142 Å². The van der Waals surface area contributed by atoms with E-state index in [0.717, 1.165) is 11.3 Å². The maximum absolute atomic E-state index is 12.4. The lowest BCUT2D eigenvalue weighted by Crippen LogP contribution is -2.37. The summed E-state index contributed by atoms with van der Waals surface area (Å²) in [5, 5.41) is 8.94. The average Bonchev–Trinajstić information content (AvgIpc) is 2.61. The summed E-state index contributed by atoms with van der Waals surface area (Å²) >= 11 is 0. The van der Waals surface area contributed by atoms with E-state index in [-0.39, 0.29) is 5.91 Å². The van der Waals surface area contributed by atoms with Crippen LogP contribution in [0.2, 0.25) is 0 Å². The number of hydrogen-bond donors (Lipinski definition) is 0. The van der Waals surface area contributed by atoms with E-state index in [4.69, 9.17) is 14.7 Å². The van der Waals surface area contributed by atoms with Crippen LogP contribution in [-0.4, -0.2) is 31.1 Å². The van der Waals surface area contributed by atoms with Crippen molar-refractivity contribution in [1.82, 2.24) is 4.90 Å². The van der Waals surface area contributed by atoms with Crippen LogP contribution in [0.15, 0.2) is 48.5 Å². The highest BCUT2D eigenvalue weighted by molar-refractivity contribution is 5.80. The summed E-state index contributed by atoms with van der Waals surface area (Å²) in [5.41, 5.74) is 1.48. The van der Waals surface area contributed by atoms with Crippen LogP contribution in [0.5, 0.6) is 11.5 Å². The Kier molecular flexibility index (Phi) is 5.80. The van der Waals surface area contributed by atoms with Crippen LogP contribution in [0.4, 0.5) is 0 Å². The molecule has 0 bridgehead atoms. The monoisotopic (exact) mass is 324 g/mol. The standard InChI is InChI=1S/C19H20N2O3/c1-14(24-18-9-7-17(23-3)8-10-18)19(22)21(2)13-16-6-4-5-15(11-16)12-20/h4-11,14H,13H2,1-3H3/t14-/m0/s1. The Balaban J connectivity index is 1.97. The Morgan fingerprint density at radius 2 is 1.88 bits per heavy atom. The predicted octanol–water partition coefficient (Wildman–Crippen LogP) is 2.99. The summed E-state index contributed by atoms with van der Waals surface area (Å²) in [6.07, 6.45) is -0.609. The van der Waals surface area contributed by atoms with Gasteiger partial charge in [0.15, 0.2) is 6.10 Å². The van der Waals surface area contributed by atoms with Gasteiger partial charge in [0.25, 0.3) is 5.91 Å². The van der Waals surface area contributed by atoms with Crippen molar-refractivity contribution >= 4 is 5.91 Å². The number of ether oxygens (including phenoxy) is 2. The molecule has 0 N–H and O–H groups in total. The number of likely N-dealkylation sites (N-methyl/N-ethyl adjacent to an activating group) is 1. The largest absolute Gasteiger partial charge is 0.497 e. The van der Waals surface area contributed by atoms with Gasteiger partial charge in [0.2, 0.25) is 0 Å². The first-order valence-corrected chi connectivity index (χ1v) is 7.58. The molecule has 0 aliphatic heterocycles. The zero-order valence-corrected chi connectivity index (χ0v) is 14.0. The topological polar surface area (TPSA) is 62.6 Å². The van der Waals surface area contributed by atoms with Crippen LogP contribution in [0, 0.1) is 11.3 Å². The molecule has 124 valence electrons. The van der Waals surface area contributed by atoms with Crippen molar-refractivity contribution < 1.29 is 14.3 Å². The van der Waals surface area contributed by atoms with Gasteiger partial charge >= 0.3 is 0 Å². The Bertz CT molecular complexity index is 735. The summed E-state index contributed by atoms with van der Waals surface area (Å²) in [6.45, 7) is 2.14. The Hall–Kier alpha value is -3.00. The number of amides is 1. The Morgan fingerprint density at radius 1 is 1.21 bits per heavy atom. The molecule has 0 radical (unpaired) electrons. The smallest absolute Gasteiger partial charge is 0.263 e. The maximum Gasteiger partial charge on any atom is 0.263 e. The highest BCUT2D eigenvalue weighted by atomic mass is 16.5. The molecule has 0 saturated heterocycles. The van der Waals surface area contributed by atoms with Crippen molar-refractivity contribution in [2.24, 2.45) is 0 Å². The number of hydrogen-bond acceptors (Lipinski definition) is 4. The molecule has 1 atom stereocenters. The van der Waals surface area contributed by atoms with Gasteiger partial charge in [-0.1, -0.05) is 12.1 Å². The van der Waals surface area contributed by atoms with Crippen LogP contribution in [0.25, 0.3) is 0 Å². The zero-order valence-electron chi connectivity index (χ0n) is 14.0. The average molecular weight is 324 g/mol. The molecule has 5 nitrogen and oxygen atoms in total. The van der Waals surface area contributed by atoms with Gasteiger partial charge in [-0.3, -0.25) is 4.79 Å². The molecule has 5 heteroatoms. The number of carbonyl (C=O) groups is 1. The predicted molar refractivity (Wildman–Crippen MR) is 90.7 cm³/mol. The molecular formula is C19H20N2O3. The molecule has 24 heavy (non-hydrogen) atoms. The lowest BCUT2D eigenvalue weighted by Gasteiger charge is -2.22. The van der Waals surface area contributed by atoms with Gasteiger partial charge in [-0.2, -0.15) is 5.26 Å². The van der Waals surface area contributed by atoms with Crippen molar-refractivity contribution in [3.63, 3.8) is 0 Å². The minimum Gasteiger partial charge on any atom is -0.497 e. The van der Waals surface area contributed by atoms with E-state index in [0.29, 0.717) is 17.9 Å². The number of carbonyl (C=O) groups excluding carboxylic acids is 1. The number of rotatable bonds is 6. The van der Waals surface area contributed by atoms with Gasteiger partial charge < -0.3 is 14.4 Å². The summed E-state index contributed by atoms with van der Waals surface area (Å²) in [6, 6.07) is 16.4. The van der Waals surface area contributed by atoms with Crippen molar-refractivity contribution in [1.29, 1.82) is 5.26 Å². The second-order valence-electron chi connectivity index (χ2n) is 5.44. The molecule has 0 spiro atoms. The first-order chi connectivity index (χ1) is 11.5. The number of nitrogens with zero attached hydrogens (tertiary/aromatic N) is 2. The molecule has 2 aromatic carbocycles. The molecular weight excluding hydrogens is 304 g/mol. The first-order valence-electron chi connectivity index (χ1n) is 7.58. The van der Waals surface area contributed by atoms with Crippen molar-refractivity contribution in [2.75, 3.05) is 14.2 Å². The molecule has 0 saturated carbocycles. The van der Waals surface area contributed by atoms with Gasteiger partial charge in [-0.05, 0) is 48.9 Å². The summed E-state index contributed by atoms with van der Waals surface area (Å²) in [4.78, 5) is 14.0. The molecule has 0 aliphatic carbocycles. The third-order valence-corrected chi connectivity index (χ3v) is 3.57. The van der Waals surface area contributed by atoms with Crippen LogP contribution in [0.1, 0.15) is 18.1 Å². The molecule has 0 aliphatic rings. The lowest BCUT2D eigenvalue weighted by atomic mass is 10.1. The number of nitriles is 1. The second kappa shape index (κ2) is 8.02. The van der Waals surface area contributed by atoms with E-state index >= 15 is 0 Å². The van der Waals surface area contributed by atoms with Gasteiger partial charge in [-0.15, -0.1) is 0 Å². The fourth-order valence-corrected chi connectivity index (χ4v) is 2.31. The minimum absolute atomic E-state index is 0.131. The third-order valence-electron chi connectivity index (χ3n) is 3.57. The van der Waals surface area contributed by atoms with Gasteiger partial charge in [-0.25, -0.2) is 0 Å². The van der Waals surface area contributed by atoms with Gasteiger partial charge in [0.05, 0.1) is 18.7 Å². The molecule has 0 aromatic heterocycles. The molecule has 2 aromatic rings. The molecule has 2 rings (SSSR count).